The first kappa shape index (κ1) is 12.6. The van der Waals surface area contributed by atoms with Crippen molar-refractivity contribution in [2.45, 2.75) is 25.9 Å². The highest BCUT2D eigenvalue weighted by Gasteiger charge is 2.05. The van der Waals surface area contributed by atoms with Crippen molar-refractivity contribution < 1.29 is 9.50 Å². The molecule has 1 unspecified atom stereocenters. The van der Waals surface area contributed by atoms with Gasteiger partial charge >= 0.3 is 0 Å². The Morgan fingerprint density at radius 3 is 2.81 bits per heavy atom. The third-order valence-electron chi connectivity index (χ3n) is 2.39. The molecule has 1 aromatic rings. The predicted octanol–water partition coefficient (Wildman–Crippen LogP) is 1.56. The van der Waals surface area contributed by atoms with Crippen molar-refractivity contribution in [3.63, 3.8) is 0 Å². The molecule has 1 rings (SSSR count). The Bertz CT molecular complexity index is 383. The van der Waals surface area contributed by atoms with Gasteiger partial charge in [-0.2, -0.15) is 5.26 Å². The van der Waals surface area contributed by atoms with E-state index < -0.39 is 5.82 Å². The fourth-order valence-corrected chi connectivity index (χ4v) is 1.42. The summed E-state index contributed by atoms with van der Waals surface area (Å²) in [7, 11) is 0. The molecule has 0 spiro atoms. The molecule has 0 heterocycles. The van der Waals surface area contributed by atoms with E-state index in [0.717, 1.165) is 6.42 Å². The number of nitriles is 1. The summed E-state index contributed by atoms with van der Waals surface area (Å²) in [5.41, 5.74) is 1.03. The van der Waals surface area contributed by atoms with Crippen LogP contribution in [0.2, 0.25) is 0 Å². The predicted molar refractivity (Wildman–Crippen MR) is 59.1 cm³/mol. The lowest BCUT2D eigenvalue weighted by atomic mass is 10.1. The maximum Gasteiger partial charge on any atom is 0.124 e. The highest BCUT2D eigenvalue weighted by molar-refractivity contribution is 5.33. The zero-order chi connectivity index (χ0) is 12.0. The van der Waals surface area contributed by atoms with Crippen molar-refractivity contribution >= 4 is 0 Å². The normalized spacial score (nSPS) is 12.1. The van der Waals surface area contributed by atoms with Crippen molar-refractivity contribution in [1.82, 2.24) is 5.32 Å². The van der Waals surface area contributed by atoms with E-state index in [-0.39, 0.29) is 12.6 Å². The molecule has 0 fully saturated rings. The summed E-state index contributed by atoms with van der Waals surface area (Å²) in [5.74, 6) is -0.409. The van der Waals surface area contributed by atoms with Gasteiger partial charge in [-0.15, -0.1) is 0 Å². The minimum absolute atomic E-state index is 0.00815. The molecule has 0 saturated heterocycles. The van der Waals surface area contributed by atoms with Crippen molar-refractivity contribution in [3.05, 3.63) is 35.1 Å². The number of rotatable bonds is 5. The zero-order valence-electron chi connectivity index (χ0n) is 9.20. The van der Waals surface area contributed by atoms with Crippen LogP contribution in [-0.2, 0) is 6.54 Å². The number of hydrogen-bond acceptors (Lipinski definition) is 3. The molecule has 0 saturated carbocycles. The Kier molecular flexibility index (Phi) is 4.90. The summed E-state index contributed by atoms with van der Waals surface area (Å²) < 4.78 is 13.1. The first-order valence-corrected chi connectivity index (χ1v) is 5.23. The van der Waals surface area contributed by atoms with Gasteiger partial charge in [-0.05, 0) is 30.2 Å². The number of aliphatic hydroxyl groups excluding tert-OH is 1. The second kappa shape index (κ2) is 6.21. The summed E-state index contributed by atoms with van der Waals surface area (Å²) in [6, 6.07) is 6.14. The van der Waals surface area contributed by atoms with E-state index in [0.29, 0.717) is 17.7 Å². The highest BCUT2D eigenvalue weighted by atomic mass is 19.1. The Balaban J connectivity index is 2.67. The summed E-state index contributed by atoms with van der Waals surface area (Å²) in [5, 5.41) is 20.7. The molecule has 0 amide bonds. The Morgan fingerprint density at radius 1 is 1.50 bits per heavy atom. The summed E-state index contributed by atoms with van der Waals surface area (Å²) >= 11 is 0. The number of nitrogens with one attached hydrogen (secondary N) is 1. The smallest absolute Gasteiger partial charge is 0.124 e. The van der Waals surface area contributed by atoms with Gasteiger partial charge in [0.15, 0.2) is 0 Å². The van der Waals surface area contributed by atoms with Gasteiger partial charge in [-0.25, -0.2) is 4.39 Å². The van der Waals surface area contributed by atoms with E-state index in [1.165, 1.54) is 12.1 Å². The van der Waals surface area contributed by atoms with Crippen LogP contribution < -0.4 is 5.32 Å². The molecule has 0 aromatic heterocycles. The SMILES string of the molecule is CCC(CO)NCc1cc(F)cc(C#N)c1. The van der Waals surface area contributed by atoms with Crippen molar-refractivity contribution in [3.8, 4) is 6.07 Å². The van der Waals surface area contributed by atoms with Crippen molar-refractivity contribution in [2.75, 3.05) is 6.61 Å². The van der Waals surface area contributed by atoms with Gasteiger partial charge in [0.2, 0.25) is 0 Å². The van der Waals surface area contributed by atoms with Crippen LogP contribution in [-0.4, -0.2) is 17.8 Å². The lowest BCUT2D eigenvalue weighted by Crippen LogP contribution is -2.31. The zero-order valence-corrected chi connectivity index (χ0v) is 9.20. The van der Waals surface area contributed by atoms with Crippen molar-refractivity contribution in [1.29, 1.82) is 5.26 Å². The topological polar surface area (TPSA) is 56.0 Å². The second-order valence-corrected chi connectivity index (χ2v) is 3.63. The number of halogens is 1. The van der Waals surface area contributed by atoms with E-state index >= 15 is 0 Å². The summed E-state index contributed by atoms with van der Waals surface area (Å²) in [4.78, 5) is 0. The first-order chi connectivity index (χ1) is 7.69. The molecule has 3 nitrogen and oxygen atoms in total. The van der Waals surface area contributed by atoms with Gasteiger partial charge in [0.05, 0.1) is 18.2 Å². The Morgan fingerprint density at radius 2 is 2.25 bits per heavy atom. The minimum Gasteiger partial charge on any atom is -0.395 e. The molecule has 1 atom stereocenters. The van der Waals surface area contributed by atoms with Crippen LogP contribution in [0, 0.1) is 17.1 Å². The fraction of sp³-hybridized carbons (Fsp3) is 0.417. The van der Waals surface area contributed by atoms with Gasteiger partial charge in [-0.1, -0.05) is 6.92 Å². The van der Waals surface area contributed by atoms with Crippen molar-refractivity contribution in [2.24, 2.45) is 0 Å². The van der Waals surface area contributed by atoms with Crippen LogP contribution in [0.4, 0.5) is 4.39 Å². The summed E-state index contributed by atoms with van der Waals surface area (Å²) in [6.45, 7) is 2.46. The number of hydrogen-bond donors (Lipinski definition) is 2. The quantitative estimate of drug-likeness (QED) is 0.794. The molecule has 0 aliphatic carbocycles. The van der Waals surface area contributed by atoms with Gasteiger partial charge in [0, 0.05) is 12.6 Å². The molecule has 1 aromatic carbocycles. The van der Waals surface area contributed by atoms with Gasteiger partial charge < -0.3 is 10.4 Å². The van der Waals surface area contributed by atoms with E-state index in [9.17, 15) is 4.39 Å². The first-order valence-electron chi connectivity index (χ1n) is 5.23. The molecule has 4 heteroatoms. The number of benzene rings is 1. The highest BCUT2D eigenvalue weighted by Crippen LogP contribution is 2.08. The Labute approximate surface area is 94.5 Å². The summed E-state index contributed by atoms with van der Waals surface area (Å²) in [6.07, 6.45) is 0.803. The standard InChI is InChI=1S/C12H15FN2O/c1-2-12(8-16)15-7-10-3-9(6-14)4-11(13)5-10/h3-5,12,15-16H,2,7-8H2,1H3. The molecule has 0 bridgehead atoms. The number of nitrogens with zero attached hydrogens (tertiary/aromatic N) is 1. The van der Waals surface area contributed by atoms with Crippen LogP contribution in [0.25, 0.3) is 0 Å². The minimum atomic E-state index is -0.409. The van der Waals surface area contributed by atoms with E-state index in [4.69, 9.17) is 10.4 Å². The number of aliphatic hydroxyl groups is 1. The third kappa shape index (κ3) is 3.61. The lowest BCUT2D eigenvalue weighted by Gasteiger charge is -2.13. The van der Waals surface area contributed by atoms with Gasteiger partial charge in [0.1, 0.15) is 5.82 Å². The van der Waals surface area contributed by atoms with E-state index in [2.05, 4.69) is 5.32 Å². The molecule has 86 valence electrons. The van der Waals surface area contributed by atoms with Crippen LogP contribution in [0.5, 0.6) is 0 Å². The molecular weight excluding hydrogens is 207 g/mol. The third-order valence-corrected chi connectivity index (χ3v) is 2.39. The molecular formula is C12H15FN2O. The maximum atomic E-state index is 13.1. The average Bonchev–Trinajstić information content (AvgIpc) is 2.29. The van der Waals surface area contributed by atoms with Crippen LogP contribution in [0.15, 0.2) is 18.2 Å². The monoisotopic (exact) mass is 222 g/mol. The molecule has 0 radical (unpaired) electrons. The molecule has 16 heavy (non-hydrogen) atoms. The van der Waals surface area contributed by atoms with Gasteiger partial charge in [0.25, 0.3) is 0 Å². The second-order valence-electron chi connectivity index (χ2n) is 3.63. The van der Waals surface area contributed by atoms with E-state index in [1.807, 2.05) is 13.0 Å². The van der Waals surface area contributed by atoms with Crippen LogP contribution in [0.1, 0.15) is 24.5 Å². The fourth-order valence-electron chi connectivity index (χ4n) is 1.42. The van der Waals surface area contributed by atoms with Gasteiger partial charge in [-0.3, -0.25) is 0 Å². The molecule has 0 aliphatic heterocycles. The van der Waals surface area contributed by atoms with Crippen LogP contribution in [0.3, 0.4) is 0 Å². The van der Waals surface area contributed by atoms with Crippen LogP contribution >= 0.6 is 0 Å². The lowest BCUT2D eigenvalue weighted by molar-refractivity contribution is 0.238. The molecule has 2 N–H and O–H groups in total. The average molecular weight is 222 g/mol. The van der Waals surface area contributed by atoms with E-state index in [1.54, 1.807) is 6.07 Å². The molecule has 0 aliphatic rings. The maximum absolute atomic E-state index is 13.1. The largest absolute Gasteiger partial charge is 0.395 e. The Hall–Kier alpha value is -1.44.